The predicted octanol–water partition coefficient (Wildman–Crippen LogP) is 3.41. The van der Waals surface area contributed by atoms with Crippen LogP contribution in [0.1, 0.15) is 35.7 Å². The molecule has 0 atom stereocenters. The third-order valence-electron chi connectivity index (χ3n) is 5.09. The zero-order chi connectivity index (χ0) is 23.0. The number of pyridine rings is 1. The van der Waals surface area contributed by atoms with Crippen molar-refractivity contribution in [3.8, 4) is 23.0 Å². The molecule has 33 heavy (non-hydrogen) atoms. The molecule has 0 unspecified atom stereocenters. The minimum Gasteiger partial charge on any atom is -0.487 e. The fraction of sp³-hybridized carbons (Fsp3) is 0.261. The number of nitrogens with one attached hydrogen (secondary N) is 1. The van der Waals surface area contributed by atoms with Gasteiger partial charge in [-0.3, -0.25) is 14.5 Å². The maximum Gasteiger partial charge on any atom is 0.264 e. The van der Waals surface area contributed by atoms with Gasteiger partial charge < -0.3 is 19.3 Å². The van der Waals surface area contributed by atoms with Crippen molar-refractivity contribution in [3.63, 3.8) is 0 Å². The van der Waals surface area contributed by atoms with Crippen LogP contribution in [0.25, 0.3) is 11.5 Å². The number of nitrogens with zero attached hydrogens (tertiary/aromatic N) is 5. The van der Waals surface area contributed by atoms with Gasteiger partial charge in [-0.15, -0.1) is 0 Å². The van der Waals surface area contributed by atoms with Gasteiger partial charge in [0.1, 0.15) is 22.8 Å². The van der Waals surface area contributed by atoms with Crippen LogP contribution in [0.15, 0.2) is 53.3 Å². The molecule has 1 amide bonds. The van der Waals surface area contributed by atoms with Crippen LogP contribution in [0, 0.1) is 0 Å². The number of aryl methyl sites for hydroxylation is 1. The minimum absolute atomic E-state index is 0.0397. The van der Waals surface area contributed by atoms with E-state index >= 15 is 0 Å². The molecule has 1 aliphatic heterocycles. The van der Waals surface area contributed by atoms with Crippen molar-refractivity contribution >= 4 is 11.7 Å². The van der Waals surface area contributed by atoms with E-state index in [4.69, 9.17) is 14.0 Å². The van der Waals surface area contributed by atoms with Crippen molar-refractivity contribution in [2.45, 2.75) is 32.5 Å². The Hall–Kier alpha value is -4.21. The molecule has 10 heteroatoms. The normalized spacial score (nSPS) is 13.9. The van der Waals surface area contributed by atoms with Gasteiger partial charge in [-0.05, 0) is 38.1 Å². The number of aromatic nitrogens is 5. The van der Waals surface area contributed by atoms with Crippen molar-refractivity contribution in [1.29, 1.82) is 0 Å². The molecule has 0 saturated heterocycles. The lowest BCUT2D eigenvalue weighted by atomic mass is 9.99. The number of hydrogen-bond donors (Lipinski definition) is 1. The largest absolute Gasteiger partial charge is 0.487 e. The molecule has 1 aromatic carbocycles. The van der Waals surface area contributed by atoms with Gasteiger partial charge in [-0.2, -0.15) is 10.1 Å². The van der Waals surface area contributed by atoms with E-state index < -0.39 is 5.60 Å². The van der Waals surface area contributed by atoms with E-state index in [9.17, 15) is 4.79 Å². The smallest absolute Gasteiger partial charge is 0.264 e. The number of ether oxygens (including phenoxy) is 2. The second-order valence-electron chi connectivity index (χ2n) is 8.33. The highest BCUT2D eigenvalue weighted by atomic mass is 16.5. The third kappa shape index (κ3) is 4.40. The van der Waals surface area contributed by atoms with E-state index in [0.717, 1.165) is 5.56 Å². The average molecular weight is 446 g/mol. The van der Waals surface area contributed by atoms with Crippen molar-refractivity contribution in [2.24, 2.45) is 7.05 Å². The Morgan fingerprint density at radius 3 is 2.91 bits per heavy atom. The first-order valence-corrected chi connectivity index (χ1v) is 10.4. The molecule has 10 nitrogen and oxygen atoms in total. The second-order valence-corrected chi connectivity index (χ2v) is 8.33. The maximum absolute atomic E-state index is 12.9. The maximum atomic E-state index is 12.9. The van der Waals surface area contributed by atoms with Crippen molar-refractivity contribution < 1.29 is 18.8 Å². The zero-order valence-electron chi connectivity index (χ0n) is 18.4. The van der Waals surface area contributed by atoms with E-state index in [1.54, 1.807) is 48.4 Å². The Bertz CT molecular complexity index is 1310. The van der Waals surface area contributed by atoms with Crippen molar-refractivity contribution in [3.05, 3.63) is 65.8 Å². The summed E-state index contributed by atoms with van der Waals surface area (Å²) >= 11 is 0. The van der Waals surface area contributed by atoms with Gasteiger partial charge >= 0.3 is 0 Å². The highest BCUT2D eigenvalue weighted by Gasteiger charge is 2.34. The van der Waals surface area contributed by atoms with Gasteiger partial charge in [0.05, 0.1) is 0 Å². The highest BCUT2D eigenvalue weighted by Crippen LogP contribution is 2.41. The molecule has 4 heterocycles. The summed E-state index contributed by atoms with van der Waals surface area (Å²) in [5.41, 5.74) is 1.48. The molecular formula is C23H22N6O4. The number of amides is 1. The fourth-order valence-electron chi connectivity index (χ4n) is 3.63. The van der Waals surface area contributed by atoms with Gasteiger partial charge in [-0.25, -0.2) is 0 Å². The van der Waals surface area contributed by atoms with Gasteiger partial charge in [0.25, 0.3) is 11.8 Å². The number of rotatable bonds is 6. The number of benzene rings is 1. The first-order valence-electron chi connectivity index (χ1n) is 10.4. The van der Waals surface area contributed by atoms with Gasteiger partial charge in [-0.1, -0.05) is 11.2 Å². The van der Waals surface area contributed by atoms with E-state index in [1.807, 2.05) is 26.0 Å². The molecule has 0 fully saturated rings. The standard InChI is InChI=1S/C23H22N6O4/c1-23(2)12-15-17(31-13-20-26-21(28-33-20)16-6-4-5-8-24-16)10-14(11-18(15)32-23)22(30)25-19-7-9-29(3)27-19/h4-11H,12-13H2,1-3H3,(H,25,27,30). The van der Waals surface area contributed by atoms with E-state index in [-0.39, 0.29) is 12.5 Å². The minimum atomic E-state index is -0.410. The molecule has 0 aliphatic carbocycles. The molecule has 4 aromatic rings. The average Bonchev–Trinajstić information content (AvgIpc) is 3.50. The van der Waals surface area contributed by atoms with Crippen LogP contribution in [-0.2, 0) is 20.1 Å². The predicted molar refractivity (Wildman–Crippen MR) is 118 cm³/mol. The Labute approximate surface area is 189 Å². The summed E-state index contributed by atoms with van der Waals surface area (Å²) in [6, 6.07) is 10.6. The molecular weight excluding hydrogens is 424 g/mol. The first-order chi connectivity index (χ1) is 15.9. The molecule has 0 saturated carbocycles. The van der Waals surface area contributed by atoms with Crippen LogP contribution in [-0.4, -0.2) is 36.4 Å². The molecule has 1 N–H and O–H groups in total. The number of carbonyl (C=O) groups excluding carboxylic acids is 1. The van der Waals surface area contributed by atoms with E-state index in [0.29, 0.717) is 46.7 Å². The SMILES string of the molecule is Cn1ccc(NC(=O)c2cc(OCc3nc(-c4ccccn4)no3)c3c(c2)OC(C)(C)C3)n1. The lowest BCUT2D eigenvalue weighted by molar-refractivity contribution is 0.102. The number of fused-ring (bicyclic) bond motifs is 1. The van der Waals surface area contributed by atoms with Gasteiger partial charge in [0.2, 0.25) is 5.82 Å². The Balaban J connectivity index is 1.38. The summed E-state index contributed by atoms with van der Waals surface area (Å²) in [5.74, 6) is 1.97. The number of carbonyl (C=O) groups is 1. The Morgan fingerprint density at radius 1 is 1.27 bits per heavy atom. The topological polar surface area (TPSA) is 117 Å². The van der Waals surface area contributed by atoms with Crippen LogP contribution in [0.2, 0.25) is 0 Å². The molecule has 168 valence electrons. The van der Waals surface area contributed by atoms with Crippen molar-refractivity contribution in [2.75, 3.05) is 5.32 Å². The lowest BCUT2D eigenvalue weighted by Gasteiger charge is -2.16. The summed E-state index contributed by atoms with van der Waals surface area (Å²) in [4.78, 5) is 21.4. The fourth-order valence-corrected chi connectivity index (χ4v) is 3.63. The summed E-state index contributed by atoms with van der Waals surface area (Å²) in [6.45, 7) is 4.02. The third-order valence-corrected chi connectivity index (χ3v) is 5.09. The van der Waals surface area contributed by atoms with Crippen LogP contribution < -0.4 is 14.8 Å². The molecule has 1 aliphatic rings. The summed E-state index contributed by atoms with van der Waals surface area (Å²) in [6.07, 6.45) is 4.05. The molecule has 3 aromatic heterocycles. The Kier molecular flexibility index (Phi) is 5.04. The van der Waals surface area contributed by atoms with Crippen LogP contribution in [0.3, 0.4) is 0 Å². The molecule has 0 spiro atoms. The van der Waals surface area contributed by atoms with Gasteiger partial charge in [0, 0.05) is 43.1 Å². The molecule has 0 radical (unpaired) electrons. The quantitative estimate of drug-likeness (QED) is 0.479. The van der Waals surface area contributed by atoms with E-state index in [1.165, 1.54) is 0 Å². The monoisotopic (exact) mass is 446 g/mol. The van der Waals surface area contributed by atoms with E-state index in [2.05, 4.69) is 25.5 Å². The zero-order valence-corrected chi connectivity index (χ0v) is 18.4. The molecule has 0 bridgehead atoms. The number of anilines is 1. The second kappa shape index (κ2) is 8.05. The highest BCUT2D eigenvalue weighted by molar-refractivity contribution is 6.04. The molecule has 5 rings (SSSR count). The van der Waals surface area contributed by atoms with Crippen LogP contribution in [0.5, 0.6) is 11.5 Å². The van der Waals surface area contributed by atoms with Gasteiger partial charge in [0.15, 0.2) is 12.4 Å². The lowest BCUT2D eigenvalue weighted by Crippen LogP contribution is -2.24. The Morgan fingerprint density at radius 2 is 2.15 bits per heavy atom. The number of hydrogen-bond acceptors (Lipinski definition) is 8. The summed E-state index contributed by atoms with van der Waals surface area (Å²) < 4.78 is 19.0. The first kappa shape index (κ1) is 20.7. The van der Waals surface area contributed by atoms with Crippen LogP contribution in [0.4, 0.5) is 5.82 Å². The van der Waals surface area contributed by atoms with Crippen molar-refractivity contribution in [1.82, 2.24) is 24.9 Å². The summed E-state index contributed by atoms with van der Waals surface area (Å²) in [5, 5.41) is 10.9. The van der Waals surface area contributed by atoms with Crippen LogP contribution >= 0.6 is 0 Å². The summed E-state index contributed by atoms with van der Waals surface area (Å²) in [7, 11) is 1.78.